The van der Waals surface area contributed by atoms with Crippen molar-refractivity contribution in [2.45, 2.75) is 25.2 Å². The van der Waals surface area contributed by atoms with Gasteiger partial charge in [-0.15, -0.1) is 0 Å². The topological polar surface area (TPSA) is 53.0 Å². The van der Waals surface area contributed by atoms with Crippen LogP contribution in [-0.4, -0.2) is 66.4 Å². The number of ether oxygens (including phenoxy) is 1. The second-order valence-corrected chi connectivity index (χ2v) is 5.69. The van der Waals surface area contributed by atoms with Crippen molar-refractivity contribution in [2.75, 3.05) is 33.4 Å². The van der Waals surface area contributed by atoms with E-state index in [9.17, 15) is 23.1 Å². The van der Waals surface area contributed by atoms with Gasteiger partial charge in [0.25, 0.3) is 0 Å². The van der Waals surface area contributed by atoms with Gasteiger partial charge in [-0.25, -0.2) is 0 Å². The molecule has 0 radical (unpaired) electrons. The maximum absolute atomic E-state index is 12.5. The van der Waals surface area contributed by atoms with Gasteiger partial charge in [-0.2, -0.15) is 13.2 Å². The van der Waals surface area contributed by atoms with Gasteiger partial charge < -0.3 is 14.7 Å². The van der Waals surface area contributed by atoms with Crippen LogP contribution in [0.1, 0.15) is 12.0 Å². The molecule has 5 nitrogen and oxygen atoms in total. The number of aliphatic hydroxyl groups excluding tert-OH is 1. The fraction of sp³-hybridized carbons (Fsp3) is 0.562. The largest absolute Gasteiger partial charge is 0.496 e. The average molecular weight is 346 g/mol. The molecule has 0 bridgehead atoms. The SMILES string of the molecule is COc1ccccc1CN(CCO)C1CCN(CC(F)(F)F)C1=O. The highest BCUT2D eigenvalue weighted by Gasteiger charge is 2.41. The molecule has 1 heterocycles. The second-order valence-electron chi connectivity index (χ2n) is 5.69. The van der Waals surface area contributed by atoms with E-state index in [2.05, 4.69) is 0 Å². The number of amides is 1. The fourth-order valence-electron chi connectivity index (χ4n) is 2.96. The van der Waals surface area contributed by atoms with E-state index in [4.69, 9.17) is 4.74 Å². The first kappa shape index (κ1) is 18.5. The van der Waals surface area contributed by atoms with Crippen LogP contribution in [0.3, 0.4) is 0 Å². The molecule has 1 aromatic carbocycles. The number of halogens is 3. The third kappa shape index (κ3) is 4.61. The summed E-state index contributed by atoms with van der Waals surface area (Å²) >= 11 is 0. The van der Waals surface area contributed by atoms with Gasteiger partial charge in [-0.3, -0.25) is 9.69 Å². The Morgan fingerprint density at radius 1 is 1.38 bits per heavy atom. The average Bonchev–Trinajstić information content (AvgIpc) is 2.86. The molecule has 0 aromatic heterocycles. The number of carbonyl (C=O) groups is 1. The Balaban J connectivity index is 2.12. The third-order valence-electron chi connectivity index (χ3n) is 4.03. The lowest BCUT2D eigenvalue weighted by atomic mass is 10.1. The van der Waals surface area contributed by atoms with Crippen LogP contribution < -0.4 is 4.74 Å². The molecule has 1 unspecified atom stereocenters. The van der Waals surface area contributed by atoms with E-state index in [1.165, 1.54) is 7.11 Å². The zero-order valence-electron chi connectivity index (χ0n) is 13.4. The van der Waals surface area contributed by atoms with Crippen LogP contribution in [0.25, 0.3) is 0 Å². The first-order valence-corrected chi connectivity index (χ1v) is 7.68. The fourth-order valence-corrected chi connectivity index (χ4v) is 2.96. The summed E-state index contributed by atoms with van der Waals surface area (Å²) in [6.07, 6.45) is -4.10. The molecule has 24 heavy (non-hydrogen) atoms. The van der Waals surface area contributed by atoms with E-state index in [-0.39, 0.29) is 19.7 Å². The van der Waals surface area contributed by atoms with Gasteiger partial charge in [0, 0.05) is 25.2 Å². The predicted molar refractivity (Wildman–Crippen MR) is 81.5 cm³/mol. The van der Waals surface area contributed by atoms with E-state index < -0.39 is 24.7 Å². The van der Waals surface area contributed by atoms with Crippen LogP contribution in [0.5, 0.6) is 5.75 Å². The molecule has 1 aliphatic rings. The molecule has 2 rings (SSSR count). The molecule has 1 N–H and O–H groups in total. The summed E-state index contributed by atoms with van der Waals surface area (Å²) in [4.78, 5) is 14.9. The zero-order valence-corrected chi connectivity index (χ0v) is 13.4. The van der Waals surface area contributed by atoms with Crippen LogP contribution >= 0.6 is 0 Å². The van der Waals surface area contributed by atoms with Gasteiger partial charge in [0.2, 0.25) is 5.91 Å². The second kappa shape index (κ2) is 7.85. The number of alkyl halides is 3. The maximum Gasteiger partial charge on any atom is 0.406 e. The van der Waals surface area contributed by atoms with Crippen LogP contribution in [0.15, 0.2) is 24.3 Å². The molecule has 8 heteroatoms. The minimum atomic E-state index is -4.41. The van der Waals surface area contributed by atoms with Gasteiger partial charge >= 0.3 is 6.18 Å². The number of methoxy groups -OCH3 is 1. The summed E-state index contributed by atoms with van der Waals surface area (Å²) in [6, 6.07) is 6.57. The number of nitrogens with zero attached hydrogens (tertiary/aromatic N) is 2. The summed E-state index contributed by atoms with van der Waals surface area (Å²) in [6.45, 7) is -0.825. The monoisotopic (exact) mass is 346 g/mol. The molecular weight excluding hydrogens is 325 g/mol. The molecule has 1 fully saturated rings. The number of rotatable bonds is 7. The summed E-state index contributed by atoms with van der Waals surface area (Å²) < 4.78 is 42.9. The van der Waals surface area contributed by atoms with Gasteiger partial charge in [-0.1, -0.05) is 18.2 Å². The minimum absolute atomic E-state index is 0.0663. The molecule has 1 saturated heterocycles. The molecule has 0 saturated carbocycles. The summed E-state index contributed by atoms with van der Waals surface area (Å²) in [5.41, 5.74) is 0.815. The van der Waals surface area contributed by atoms with Gasteiger partial charge in [-0.05, 0) is 12.5 Å². The van der Waals surface area contributed by atoms with Crippen molar-refractivity contribution >= 4 is 5.91 Å². The Labute approximate surface area is 138 Å². The van der Waals surface area contributed by atoms with Crippen LogP contribution in [0, 0.1) is 0 Å². The van der Waals surface area contributed by atoms with E-state index in [0.29, 0.717) is 18.7 Å². The van der Waals surface area contributed by atoms with Crippen molar-refractivity contribution in [3.8, 4) is 5.75 Å². The molecular formula is C16H21F3N2O3. The summed E-state index contributed by atoms with van der Waals surface area (Å²) in [5.74, 6) is 0.0914. The minimum Gasteiger partial charge on any atom is -0.496 e. The Morgan fingerprint density at radius 3 is 2.71 bits per heavy atom. The highest BCUT2D eigenvalue weighted by atomic mass is 19.4. The number of carbonyl (C=O) groups excluding carboxylic acids is 1. The molecule has 134 valence electrons. The van der Waals surface area contributed by atoms with E-state index >= 15 is 0 Å². The van der Waals surface area contributed by atoms with Crippen molar-refractivity contribution in [2.24, 2.45) is 0 Å². The Hall–Kier alpha value is -1.80. The van der Waals surface area contributed by atoms with E-state index in [0.717, 1.165) is 10.5 Å². The van der Waals surface area contributed by atoms with Gasteiger partial charge in [0.1, 0.15) is 12.3 Å². The van der Waals surface area contributed by atoms with Crippen molar-refractivity contribution in [1.82, 2.24) is 9.80 Å². The van der Waals surface area contributed by atoms with Crippen LogP contribution in [0.2, 0.25) is 0 Å². The van der Waals surface area contributed by atoms with Crippen LogP contribution in [0.4, 0.5) is 13.2 Å². The molecule has 1 amide bonds. The number of likely N-dealkylation sites (tertiary alicyclic amines) is 1. The standard InChI is InChI=1S/C16H21F3N2O3/c1-24-14-5-3-2-4-12(14)10-20(8-9-22)13-6-7-21(15(13)23)11-16(17,18)19/h2-5,13,22H,6-11H2,1H3. The van der Waals surface area contributed by atoms with Crippen molar-refractivity contribution < 1.29 is 27.8 Å². The Kier molecular flexibility index (Phi) is 6.06. The lowest BCUT2D eigenvalue weighted by Crippen LogP contribution is -2.44. The van der Waals surface area contributed by atoms with Crippen LogP contribution in [-0.2, 0) is 11.3 Å². The lowest BCUT2D eigenvalue weighted by molar-refractivity contribution is -0.159. The number of benzene rings is 1. The van der Waals surface area contributed by atoms with Gasteiger partial charge in [0.05, 0.1) is 19.8 Å². The summed E-state index contributed by atoms with van der Waals surface area (Å²) in [7, 11) is 1.53. The molecule has 1 aliphatic heterocycles. The first-order chi connectivity index (χ1) is 11.4. The first-order valence-electron chi connectivity index (χ1n) is 7.68. The quantitative estimate of drug-likeness (QED) is 0.816. The molecule has 0 aliphatic carbocycles. The van der Waals surface area contributed by atoms with E-state index in [1.54, 1.807) is 11.0 Å². The molecule has 1 atom stereocenters. The Bertz CT molecular complexity index is 566. The highest BCUT2D eigenvalue weighted by molar-refractivity contribution is 5.84. The number of hydrogen-bond acceptors (Lipinski definition) is 4. The normalized spacial score (nSPS) is 18.5. The summed E-state index contributed by atoms with van der Waals surface area (Å²) in [5, 5.41) is 9.26. The number of para-hydroxylation sites is 1. The maximum atomic E-state index is 12.5. The van der Waals surface area contributed by atoms with E-state index in [1.807, 2.05) is 18.2 Å². The number of hydrogen-bond donors (Lipinski definition) is 1. The van der Waals surface area contributed by atoms with Gasteiger partial charge in [0.15, 0.2) is 0 Å². The number of aliphatic hydroxyl groups is 1. The molecule has 0 spiro atoms. The van der Waals surface area contributed by atoms with Crippen molar-refractivity contribution in [3.05, 3.63) is 29.8 Å². The highest BCUT2D eigenvalue weighted by Crippen LogP contribution is 2.26. The lowest BCUT2D eigenvalue weighted by Gasteiger charge is -2.28. The molecule has 1 aromatic rings. The Morgan fingerprint density at radius 2 is 2.08 bits per heavy atom. The third-order valence-corrected chi connectivity index (χ3v) is 4.03. The zero-order chi connectivity index (χ0) is 17.7. The van der Waals surface area contributed by atoms with Crippen molar-refractivity contribution in [3.63, 3.8) is 0 Å². The van der Waals surface area contributed by atoms with Crippen molar-refractivity contribution in [1.29, 1.82) is 0 Å². The predicted octanol–water partition coefficient (Wildman–Crippen LogP) is 1.65. The smallest absolute Gasteiger partial charge is 0.406 e.